The molecule has 1 heterocycles. The minimum Gasteiger partial charge on any atom is -0.492 e. The van der Waals surface area contributed by atoms with Crippen molar-refractivity contribution in [3.63, 3.8) is 0 Å². The molecule has 0 bridgehead atoms. The van der Waals surface area contributed by atoms with Gasteiger partial charge in [-0.15, -0.1) is 0 Å². The van der Waals surface area contributed by atoms with Gasteiger partial charge in [0.25, 0.3) is 0 Å². The lowest BCUT2D eigenvalue weighted by molar-refractivity contribution is 0.207. The van der Waals surface area contributed by atoms with Crippen molar-refractivity contribution in [3.8, 4) is 5.75 Å². The third kappa shape index (κ3) is 11.9. The molecule has 0 saturated heterocycles. The molecule has 5 nitrogen and oxygen atoms in total. The highest BCUT2D eigenvalue weighted by atomic mass is 16.5. The van der Waals surface area contributed by atoms with E-state index in [1.165, 1.54) is 37.0 Å². The van der Waals surface area contributed by atoms with Crippen LogP contribution in [0.25, 0.3) is 16.5 Å². The van der Waals surface area contributed by atoms with Gasteiger partial charge in [-0.2, -0.15) is 0 Å². The monoisotopic (exact) mass is 525 g/mol. The van der Waals surface area contributed by atoms with E-state index in [-0.39, 0.29) is 5.43 Å². The van der Waals surface area contributed by atoms with Crippen LogP contribution in [0.3, 0.4) is 0 Å². The fourth-order valence-electron chi connectivity index (χ4n) is 4.24. The van der Waals surface area contributed by atoms with Gasteiger partial charge < -0.3 is 15.0 Å². The Morgan fingerprint density at radius 3 is 2.34 bits per heavy atom. The zero-order valence-electron chi connectivity index (χ0n) is 25.8. The Hall–Kier alpha value is -2.53. The van der Waals surface area contributed by atoms with E-state index >= 15 is 0 Å². The molecule has 2 aromatic rings. The number of aromatic amines is 1. The van der Waals surface area contributed by atoms with Crippen molar-refractivity contribution in [3.05, 3.63) is 57.5 Å². The van der Waals surface area contributed by atoms with Crippen LogP contribution in [0.15, 0.2) is 46.4 Å². The zero-order chi connectivity index (χ0) is 28.5. The molecule has 0 radical (unpaired) electrons. The minimum atomic E-state index is 0.0372. The summed E-state index contributed by atoms with van der Waals surface area (Å²) in [4.78, 5) is 18.1. The van der Waals surface area contributed by atoms with Gasteiger partial charge in [0.05, 0.1) is 5.52 Å². The van der Waals surface area contributed by atoms with Crippen LogP contribution in [-0.4, -0.2) is 42.2 Å². The maximum absolute atomic E-state index is 12.3. The zero-order valence-corrected chi connectivity index (χ0v) is 25.8. The van der Waals surface area contributed by atoms with Crippen molar-refractivity contribution < 1.29 is 4.74 Å². The lowest BCUT2D eigenvalue weighted by atomic mass is 10.1. The Balaban J connectivity index is 0.000000508. The van der Waals surface area contributed by atoms with E-state index in [4.69, 9.17) is 4.74 Å². The summed E-state index contributed by atoms with van der Waals surface area (Å²) in [7, 11) is 0. The van der Waals surface area contributed by atoms with Crippen molar-refractivity contribution in [2.24, 2.45) is 0 Å². The Bertz CT molecular complexity index is 1070. The minimum absolute atomic E-state index is 0.0372. The summed E-state index contributed by atoms with van der Waals surface area (Å²) in [5.41, 5.74) is 5.73. The molecule has 0 unspecified atom stereocenters. The van der Waals surface area contributed by atoms with E-state index in [9.17, 15) is 4.79 Å². The van der Waals surface area contributed by atoms with E-state index in [0.717, 1.165) is 55.0 Å². The topological polar surface area (TPSA) is 57.4 Å². The summed E-state index contributed by atoms with van der Waals surface area (Å²) in [5, 5.41) is 4.21. The SMILES string of the molecule is C/C=C(\C)c1cc(=O)c2ccc(OCCN(CCC)CCCC)cc2[nH]1.CCCC(NC(C)C)=C(C)CC. The number of unbranched alkanes of at least 4 members (excludes halogenated alkanes) is 1. The highest BCUT2D eigenvalue weighted by Crippen LogP contribution is 2.19. The number of ether oxygens (including phenoxy) is 1. The molecule has 0 fully saturated rings. The van der Waals surface area contributed by atoms with Crippen molar-refractivity contribution in [1.82, 2.24) is 15.2 Å². The molecule has 0 saturated carbocycles. The molecule has 0 atom stereocenters. The van der Waals surface area contributed by atoms with E-state index in [2.05, 4.69) is 63.7 Å². The molecule has 2 rings (SSSR count). The number of H-pyrrole nitrogens is 1. The second-order valence-electron chi connectivity index (χ2n) is 10.4. The quantitative estimate of drug-likeness (QED) is 0.245. The first-order chi connectivity index (χ1) is 18.2. The first-order valence-corrected chi connectivity index (χ1v) is 14.8. The highest BCUT2D eigenvalue weighted by Gasteiger charge is 2.07. The lowest BCUT2D eigenvalue weighted by Crippen LogP contribution is -2.30. The number of hydrogen-bond donors (Lipinski definition) is 2. The Morgan fingerprint density at radius 2 is 1.76 bits per heavy atom. The average molecular weight is 526 g/mol. The number of rotatable bonds is 15. The van der Waals surface area contributed by atoms with Crippen LogP contribution in [0, 0.1) is 0 Å². The average Bonchev–Trinajstić information content (AvgIpc) is 2.90. The third-order valence-corrected chi connectivity index (χ3v) is 6.71. The molecular weight excluding hydrogens is 470 g/mol. The van der Waals surface area contributed by atoms with Crippen LogP contribution in [0.4, 0.5) is 0 Å². The fraction of sp³-hybridized carbons (Fsp3) is 0.606. The number of aromatic nitrogens is 1. The molecule has 0 amide bonds. The van der Waals surface area contributed by atoms with Crippen molar-refractivity contribution in [2.75, 3.05) is 26.2 Å². The number of pyridine rings is 1. The lowest BCUT2D eigenvalue weighted by Gasteiger charge is -2.21. The van der Waals surface area contributed by atoms with E-state index in [0.29, 0.717) is 18.0 Å². The number of nitrogens with zero attached hydrogens (tertiary/aromatic N) is 1. The van der Waals surface area contributed by atoms with E-state index in [1.807, 2.05) is 38.1 Å². The first kappa shape index (κ1) is 33.5. The Morgan fingerprint density at radius 1 is 1.03 bits per heavy atom. The second kappa shape index (κ2) is 18.7. The number of benzene rings is 1. The number of hydrogen-bond acceptors (Lipinski definition) is 4. The van der Waals surface area contributed by atoms with Gasteiger partial charge in [0.15, 0.2) is 5.43 Å². The summed E-state index contributed by atoms with van der Waals surface area (Å²) in [6, 6.07) is 7.89. The smallest absolute Gasteiger partial charge is 0.190 e. The van der Waals surface area contributed by atoms with Crippen LogP contribution < -0.4 is 15.5 Å². The van der Waals surface area contributed by atoms with E-state index < -0.39 is 0 Å². The van der Waals surface area contributed by atoms with Gasteiger partial charge in [0.2, 0.25) is 0 Å². The number of fused-ring (bicyclic) bond motifs is 1. The van der Waals surface area contributed by atoms with Crippen molar-refractivity contribution in [1.29, 1.82) is 0 Å². The van der Waals surface area contributed by atoms with Gasteiger partial charge in [0.1, 0.15) is 12.4 Å². The fourth-order valence-corrected chi connectivity index (χ4v) is 4.24. The molecule has 0 spiro atoms. The summed E-state index contributed by atoms with van der Waals surface area (Å²) in [5.74, 6) is 0.801. The predicted molar refractivity (Wildman–Crippen MR) is 167 cm³/mol. The van der Waals surface area contributed by atoms with E-state index in [1.54, 1.807) is 6.07 Å². The Kier molecular flexibility index (Phi) is 16.5. The molecule has 0 aliphatic heterocycles. The van der Waals surface area contributed by atoms with Gasteiger partial charge in [-0.1, -0.05) is 52.2 Å². The van der Waals surface area contributed by atoms with Crippen LogP contribution in [-0.2, 0) is 0 Å². The van der Waals surface area contributed by atoms with Gasteiger partial charge in [-0.05, 0) is 91.1 Å². The van der Waals surface area contributed by atoms with Gasteiger partial charge in [0, 0.05) is 41.5 Å². The summed E-state index contributed by atoms with van der Waals surface area (Å²) >= 11 is 0. The van der Waals surface area contributed by atoms with Crippen LogP contribution in [0.1, 0.15) is 107 Å². The molecule has 0 aliphatic rings. The van der Waals surface area contributed by atoms with Gasteiger partial charge >= 0.3 is 0 Å². The standard InChI is InChI=1S/C22H32N2O2.C11H23N/c1-5-8-12-24(11-6-2)13-14-26-18-9-10-19-21(15-18)23-20(16-22(19)25)17(4)7-3;1-6-8-11(10(5)7-2)12-9(3)4/h7,9-10,15-16H,5-6,8,11-14H2,1-4H3,(H,23,25);9,12H,6-8H2,1-5H3/b17-7+;. The summed E-state index contributed by atoms with van der Waals surface area (Å²) < 4.78 is 5.96. The highest BCUT2D eigenvalue weighted by molar-refractivity contribution is 5.82. The summed E-state index contributed by atoms with van der Waals surface area (Å²) in [6.07, 6.45) is 9.18. The van der Waals surface area contributed by atoms with Crippen LogP contribution >= 0.6 is 0 Å². The predicted octanol–water partition coefficient (Wildman–Crippen LogP) is 8.31. The van der Waals surface area contributed by atoms with Crippen LogP contribution in [0.5, 0.6) is 5.75 Å². The second-order valence-corrected chi connectivity index (χ2v) is 10.4. The van der Waals surface area contributed by atoms with Crippen molar-refractivity contribution >= 4 is 16.5 Å². The number of nitrogens with one attached hydrogen (secondary N) is 2. The molecule has 2 N–H and O–H groups in total. The third-order valence-electron chi connectivity index (χ3n) is 6.71. The van der Waals surface area contributed by atoms with Crippen molar-refractivity contribution in [2.45, 2.75) is 107 Å². The Labute approximate surface area is 232 Å². The molecular formula is C33H55N3O2. The maximum Gasteiger partial charge on any atom is 0.190 e. The summed E-state index contributed by atoms with van der Waals surface area (Å²) in [6.45, 7) is 23.3. The van der Waals surface area contributed by atoms with Gasteiger partial charge in [-0.25, -0.2) is 0 Å². The first-order valence-electron chi connectivity index (χ1n) is 14.8. The molecule has 5 heteroatoms. The largest absolute Gasteiger partial charge is 0.492 e. The normalized spacial score (nSPS) is 12.4. The molecule has 1 aromatic heterocycles. The maximum atomic E-state index is 12.3. The molecule has 0 aliphatic carbocycles. The molecule has 214 valence electrons. The van der Waals surface area contributed by atoms with Crippen LogP contribution in [0.2, 0.25) is 0 Å². The number of allylic oxidation sites excluding steroid dienone is 4. The van der Waals surface area contributed by atoms with Gasteiger partial charge in [-0.3, -0.25) is 9.69 Å². The molecule has 38 heavy (non-hydrogen) atoms. The molecule has 1 aromatic carbocycles.